The van der Waals surface area contributed by atoms with Gasteiger partial charge in [0.15, 0.2) is 11.6 Å². The highest BCUT2D eigenvalue weighted by molar-refractivity contribution is 6.33. The van der Waals surface area contributed by atoms with Crippen molar-refractivity contribution < 1.29 is 47.0 Å². The minimum Gasteiger partial charge on any atom is -0.508 e. The molecule has 6 atom stereocenters. The highest BCUT2D eigenvalue weighted by Gasteiger charge is 2.71. The lowest BCUT2D eigenvalue weighted by Gasteiger charge is -2.50. The van der Waals surface area contributed by atoms with E-state index in [2.05, 4.69) is 10.4 Å². The normalized spacial score (nSPS) is 24.4. The van der Waals surface area contributed by atoms with Crippen molar-refractivity contribution in [1.29, 1.82) is 0 Å². The van der Waals surface area contributed by atoms with Gasteiger partial charge in [0.25, 0.3) is 11.8 Å². The summed E-state index contributed by atoms with van der Waals surface area (Å²) >= 11 is 12.6. The Labute approximate surface area is 361 Å². The van der Waals surface area contributed by atoms with E-state index < -0.39 is 81.2 Å². The fraction of sp³-hybridized carbons (Fsp3) is 0.217. The first-order chi connectivity index (χ1) is 29.6. The lowest BCUT2D eigenvalue weighted by Crippen LogP contribution is -2.53. The minimum absolute atomic E-state index is 0.0694. The van der Waals surface area contributed by atoms with Gasteiger partial charge >= 0.3 is 6.18 Å². The number of amides is 4. The van der Waals surface area contributed by atoms with Crippen molar-refractivity contribution >= 4 is 64.1 Å². The summed E-state index contributed by atoms with van der Waals surface area (Å²) in [4.78, 5) is 77.6. The summed E-state index contributed by atoms with van der Waals surface area (Å²) in [7, 11) is 1.42. The molecular weight excluding hydrogens is 848 g/mol. The molecule has 0 radical (unpaired) electrons. The second kappa shape index (κ2) is 15.1. The van der Waals surface area contributed by atoms with Gasteiger partial charge in [-0.05, 0) is 85.0 Å². The van der Waals surface area contributed by atoms with Crippen LogP contribution < -0.4 is 15.1 Å². The first-order valence-electron chi connectivity index (χ1n) is 19.4. The summed E-state index contributed by atoms with van der Waals surface area (Å²) in [6.45, 7) is 0. The van der Waals surface area contributed by atoms with E-state index in [9.17, 15) is 37.5 Å². The Morgan fingerprint density at radius 2 is 1.56 bits per heavy atom. The van der Waals surface area contributed by atoms with E-state index in [0.717, 1.165) is 4.90 Å². The van der Waals surface area contributed by atoms with E-state index in [1.165, 1.54) is 31.4 Å². The van der Waals surface area contributed by atoms with Crippen LogP contribution >= 0.6 is 23.2 Å². The van der Waals surface area contributed by atoms with E-state index in [4.69, 9.17) is 27.9 Å². The number of fused-ring (bicyclic) bond motifs is 4. The number of aromatic hydroxyl groups is 1. The molecule has 4 aliphatic rings. The number of allylic oxidation sites excluding steroid dienone is 2. The minimum atomic E-state index is -4.78. The predicted octanol–water partition coefficient (Wildman–Crippen LogP) is 8.54. The van der Waals surface area contributed by atoms with Gasteiger partial charge < -0.3 is 9.84 Å². The van der Waals surface area contributed by atoms with Crippen LogP contribution in [-0.2, 0) is 30.8 Å². The Balaban J connectivity index is 1.17. The molecule has 4 amide bonds. The number of hydrogen-bond donors (Lipinski definition) is 2. The van der Waals surface area contributed by atoms with Crippen LogP contribution in [0.3, 0.4) is 0 Å². The van der Waals surface area contributed by atoms with Gasteiger partial charge in [-0.1, -0.05) is 77.3 Å². The quantitative estimate of drug-likeness (QED) is 0.0890. The Kier molecular flexibility index (Phi) is 9.98. The number of phenols is 1. The van der Waals surface area contributed by atoms with E-state index in [0.29, 0.717) is 50.3 Å². The molecule has 2 N–H and O–H groups in total. The average molecular weight is 882 g/mol. The smallest absolute Gasteiger partial charge is 0.417 e. The number of anilines is 2. The zero-order valence-electron chi connectivity index (χ0n) is 32.4. The summed E-state index contributed by atoms with van der Waals surface area (Å²) in [5, 5.41) is 12.1. The molecule has 5 aromatic rings. The van der Waals surface area contributed by atoms with Crippen molar-refractivity contribution in [3.8, 4) is 11.5 Å². The topological polar surface area (TPSA) is 146 Å². The first-order valence-corrected chi connectivity index (χ1v) is 20.2. The van der Waals surface area contributed by atoms with Crippen molar-refractivity contribution in [2.75, 3.05) is 17.4 Å². The number of alkyl halides is 3. The lowest BCUT2D eigenvalue weighted by atomic mass is 9.49. The fourth-order valence-electron chi connectivity index (χ4n) is 9.79. The lowest BCUT2D eigenvalue weighted by molar-refractivity contribution is -0.139. The molecule has 0 bridgehead atoms. The highest BCUT2D eigenvalue weighted by atomic mass is 35.5. The van der Waals surface area contributed by atoms with Gasteiger partial charge in [0.2, 0.25) is 11.8 Å². The Morgan fingerprint density at radius 1 is 0.871 bits per heavy atom. The maximum atomic E-state index is 15.4. The second-order valence-electron chi connectivity index (χ2n) is 15.6. The number of imide groups is 2. The largest absolute Gasteiger partial charge is 0.508 e. The fourth-order valence-corrected chi connectivity index (χ4v) is 10.1. The zero-order valence-corrected chi connectivity index (χ0v) is 33.9. The van der Waals surface area contributed by atoms with E-state index >= 15 is 4.79 Å². The number of hydrazine groups is 1. The second-order valence-corrected chi connectivity index (χ2v) is 16.4. The number of methoxy groups -OCH3 is 1. The molecule has 2 aliphatic heterocycles. The number of phenolic OH excluding ortho intramolecular Hbond substituents is 1. The molecule has 16 heteroatoms. The van der Waals surface area contributed by atoms with Gasteiger partial charge in [0.1, 0.15) is 11.5 Å². The number of aromatic nitrogens is 1. The SMILES string of the molecule is COc1ccc(O)c(C2C3=CCC4C(=O)N(c5ccc(C(=O)c6ccccc6)cc5)C(=O)C4C3CC3C(=O)N(Nc4ncc(C(F)(F)F)cc4Cl)C(=O)C32c2ccc(Cl)cc2)c1. The Hall–Kier alpha value is -6.51. The predicted molar refractivity (Wildman–Crippen MR) is 220 cm³/mol. The van der Waals surface area contributed by atoms with Crippen LogP contribution in [-0.4, -0.2) is 51.6 Å². The summed E-state index contributed by atoms with van der Waals surface area (Å²) < 4.78 is 46.2. The van der Waals surface area contributed by atoms with Crippen LogP contribution in [0, 0.1) is 23.7 Å². The van der Waals surface area contributed by atoms with Crippen LogP contribution in [0.4, 0.5) is 24.7 Å². The molecule has 3 heterocycles. The Morgan fingerprint density at radius 3 is 2.23 bits per heavy atom. The molecular formula is C46H33Cl2F3N4O7. The van der Waals surface area contributed by atoms with Gasteiger partial charge in [0, 0.05) is 33.8 Å². The third-order valence-corrected chi connectivity index (χ3v) is 13.1. The van der Waals surface area contributed by atoms with Crippen molar-refractivity contribution in [1.82, 2.24) is 9.99 Å². The number of nitrogens with zero attached hydrogens (tertiary/aromatic N) is 3. The van der Waals surface area contributed by atoms with Crippen LogP contribution in [0.5, 0.6) is 11.5 Å². The number of ketones is 1. The molecule has 2 aliphatic carbocycles. The van der Waals surface area contributed by atoms with Gasteiger partial charge in [-0.3, -0.25) is 34.3 Å². The van der Waals surface area contributed by atoms with E-state index in [1.54, 1.807) is 78.9 Å². The molecule has 9 rings (SSSR count). The third-order valence-electron chi connectivity index (χ3n) is 12.5. The molecule has 11 nitrogen and oxygen atoms in total. The molecule has 3 fully saturated rings. The number of carbonyl (C=O) groups is 5. The Bertz CT molecular complexity index is 2730. The number of pyridine rings is 1. The number of halogens is 5. The molecule has 1 saturated carbocycles. The summed E-state index contributed by atoms with van der Waals surface area (Å²) in [5.41, 5.74) is 1.64. The average Bonchev–Trinajstić information content (AvgIpc) is 3.65. The van der Waals surface area contributed by atoms with Crippen LogP contribution in [0.2, 0.25) is 10.0 Å². The standard InChI is InChI=1S/C46H33Cl2F3N4O7/c1-62-29-15-18-36(56)33(20-29)38-30-16-17-31-37(43(60)54(41(31)58)28-13-7-24(8-14-28)39(57)23-5-3-2-4-6-23)32(30)21-34-42(59)55(44(61)45(34,38)25-9-11-27(47)12-10-25)53-40-35(48)19-26(22-52-40)46(49,50)51/h2-16,18-20,22,31-32,34,37-38,56H,17,21H2,1H3,(H,52,53). The summed E-state index contributed by atoms with van der Waals surface area (Å²) in [5.74, 6) is -8.47. The molecule has 4 aromatic carbocycles. The van der Waals surface area contributed by atoms with Crippen molar-refractivity contribution in [3.63, 3.8) is 0 Å². The number of nitrogens with one attached hydrogen (secondary N) is 1. The maximum absolute atomic E-state index is 15.4. The van der Waals surface area contributed by atoms with Crippen molar-refractivity contribution in [3.05, 3.63) is 159 Å². The van der Waals surface area contributed by atoms with Gasteiger partial charge in [-0.15, -0.1) is 0 Å². The van der Waals surface area contributed by atoms with E-state index in [-0.39, 0.29) is 35.6 Å². The van der Waals surface area contributed by atoms with Crippen LogP contribution in [0.25, 0.3) is 0 Å². The zero-order chi connectivity index (χ0) is 43.8. The molecule has 0 spiro atoms. The molecule has 1 aromatic heterocycles. The number of rotatable bonds is 8. The van der Waals surface area contributed by atoms with Crippen LogP contribution in [0.15, 0.2) is 121 Å². The number of carbonyl (C=O) groups excluding carboxylic acids is 5. The number of benzene rings is 4. The number of ether oxygens (including phenoxy) is 1. The molecule has 62 heavy (non-hydrogen) atoms. The van der Waals surface area contributed by atoms with Crippen LogP contribution in [0.1, 0.15) is 51.4 Å². The molecule has 2 saturated heterocycles. The van der Waals surface area contributed by atoms with E-state index in [1.807, 2.05) is 0 Å². The van der Waals surface area contributed by atoms with Gasteiger partial charge in [0.05, 0.1) is 46.6 Å². The van der Waals surface area contributed by atoms with Crippen molar-refractivity contribution in [2.24, 2.45) is 23.7 Å². The summed E-state index contributed by atoms with van der Waals surface area (Å²) in [6, 6.07) is 26.1. The summed E-state index contributed by atoms with van der Waals surface area (Å²) in [6.07, 6.45) is -2.54. The molecule has 314 valence electrons. The number of hydrogen-bond acceptors (Lipinski definition) is 9. The van der Waals surface area contributed by atoms with Gasteiger partial charge in [-0.25, -0.2) is 4.98 Å². The monoisotopic (exact) mass is 880 g/mol. The molecule has 6 unspecified atom stereocenters. The van der Waals surface area contributed by atoms with Crippen molar-refractivity contribution in [2.45, 2.75) is 30.4 Å². The first kappa shape index (κ1) is 40.9. The van der Waals surface area contributed by atoms with Gasteiger partial charge in [-0.2, -0.15) is 18.2 Å². The third kappa shape index (κ3) is 6.34. The highest BCUT2D eigenvalue weighted by Crippen LogP contribution is 2.65. The maximum Gasteiger partial charge on any atom is 0.417 e.